The maximum Gasteiger partial charge on any atom is 0.387 e. The van der Waals surface area contributed by atoms with Crippen molar-refractivity contribution < 1.29 is 22.6 Å². The zero-order valence-electron chi connectivity index (χ0n) is 15.5. The van der Waals surface area contributed by atoms with Gasteiger partial charge in [-0.05, 0) is 30.2 Å². The highest BCUT2D eigenvalue weighted by molar-refractivity contribution is 14.0. The Hall–Kier alpha value is -2.17. The first-order chi connectivity index (χ1) is 13.0. The molecule has 0 aliphatic carbocycles. The van der Waals surface area contributed by atoms with Gasteiger partial charge in [0, 0.05) is 25.7 Å². The zero-order chi connectivity index (χ0) is 19.6. The lowest BCUT2D eigenvalue weighted by atomic mass is 10.1. The number of para-hydroxylation sites is 1. The van der Waals surface area contributed by atoms with E-state index in [0.717, 1.165) is 11.3 Å². The molecule has 5 nitrogen and oxygen atoms in total. The van der Waals surface area contributed by atoms with Gasteiger partial charge in [-0.3, -0.25) is 4.99 Å². The Morgan fingerprint density at radius 3 is 2.46 bits per heavy atom. The van der Waals surface area contributed by atoms with Gasteiger partial charge in [0.15, 0.2) is 5.96 Å². The molecular weight excluding hydrogens is 486 g/mol. The van der Waals surface area contributed by atoms with Crippen LogP contribution in [0.25, 0.3) is 0 Å². The number of nitrogens with zero attached hydrogens (tertiary/aromatic N) is 1. The molecule has 2 N–H and O–H groups in total. The summed E-state index contributed by atoms with van der Waals surface area (Å²) in [5.74, 6) is 0.366. The topological polar surface area (TPSA) is 54.9 Å². The summed E-state index contributed by atoms with van der Waals surface area (Å²) in [6.07, 6.45) is 0.685. The molecule has 0 fully saturated rings. The van der Waals surface area contributed by atoms with Gasteiger partial charge in [0.05, 0.1) is 7.11 Å². The molecule has 0 atom stereocenters. The average molecular weight is 509 g/mol. The standard InChI is InChI=1S/C19H22F3N3O2.HI/c1-23-19(24-11-10-13-6-3-4-8-16(13)26-2)25-12-14-15(20)7-5-9-17(14)27-18(21)22;/h3-9,18H,10-12H2,1-2H3,(H2,23,24,25);1H. The predicted octanol–water partition coefficient (Wildman–Crippen LogP) is 3.96. The number of guanidine groups is 1. The lowest BCUT2D eigenvalue weighted by Crippen LogP contribution is -2.38. The molecule has 2 aromatic carbocycles. The molecule has 0 bridgehead atoms. The summed E-state index contributed by atoms with van der Waals surface area (Å²) in [5.41, 5.74) is 1.04. The van der Waals surface area contributed by atoms with Crippen LogP contribution < -0.4 is 20.1 Å². The normalized spacial score (nSPS) is 11.0. The molecule has 0 unspecified atom stereocenters. The van der Waals surface area contributed by atoms with Crippen molar-refractivity contribution in [3.63, 3.8) is 0 Å². The Kier molecular flexibility index (Phi) is 10.5. The van der Waals surface area contributed by atoms with Gasteiger partial charge in [-0.15, -0.1) is 24.0 Å². The van der Waals surface area contributed by atoms with E-state index >= 15 is 0 Å². The summed E-state index contributed by atoms with van der Waals surface area (Å²) in [7, 11) is 3.18. The smallest absolute Gasteiger partial charge is 0.387 e. The van der Waals surface area contributed by atoms with Crippen molar-refractivity contribution in [3.8, 4) is 11.5 Å². The second-order valence-electron chi connectivity index (χ2n) is 5.51. The summed E-state index contributed by atoms with van der Waals surface area (Å²) < 4.78 is 48.6. The second kappa shape index (κ2) is 12.3. The first-order valence-electron chi connectivity index (χ1n) is 8.33. The minimum atomic E-state index is -3.02. The summed E-state index contributed by atoms with van der Waals surface area (Å²) in [4.78, 5) is 4.05. The molecule has 9 heteroatoms. The number of methoxy groups -OCH3 is 1. The van der Waals surface area contributed by atoms with Crippen LogP contribution in [0.2, 0.25) is 0 Å². The van der Waals surface area contributed by atoms with Crippen molar-refractivity contribution in [1.29, 1.82) is 0 Å². The van der Waals surface area contributed by atoms with Gasteiger partial charge < -0.3 is 20.1 Å². The van der Waals surface area contributed by atoms with Gasteiger partial charge in [0.1, 0.15) is 17.3 Å². The average Bonchev–Trinajstić information content (AvgIpc) is 2.66. The third kappa shape index (κ3) is 7.10. The van der Waals surface area contributed by atoms with Crippen LogP contribution in [0, 0.1) is 5.82 Å². The van der Waals surface area contributed by atoms with Gasteiger partial charge in [-0.2, -0.15) is 8.78 Å². The fraction of sp³-hybridized carbons (Fsp3) is 0.316. The Labute approximate surface area is 179 Å². The maximum atomic E-state index is 14.0. The number of nitrogens with one attached hydrogen (secondary N) is 2. The van der Waals surface area contributed by atoms with E-state index in [1.807, 2.05) is 24.3 Å². The van der Waals surface area contributed by atoms with Crippen LogP contribution in [0.1, 0.15) is 11.1 Å². The molecule has 0 aliphatic heterocycles. The highest BCUT2D eigenvalue weighted by Gasteiger charge is 2.14. The third-order valence-corrected chi connectivity index (χ3v) is 3.83. The van der Waals surface area contributed by atoms with Gasteiger partial charge in [-0.1, -0.05) is 24.3 Å². The number of halogens is 4. The van der Waals surface area contributed by atoms with E-state index < -0.39 is 12.4 Å². The molecule has 154 valence electrons. The van der Waals surface area contributed by atoms with E-state index in [2.05, 4.69) is 20.4 Å². The molecule has 0 saturated heterocycles. The molecule has 0 aromatic heterocycles. The number of hydrogen-bond acceptors (Lipinski definition) is 3. The van der Waals surface area contributed by atoms with Crippen molar-refractivity contribution in [2.24, 2.45) is 4.99 Å². The summed E-state index contributed by atoms with van der Waals surface area (Å²) in [6, 6.07) is 11.5. The molecule has 0 radical (unpaired) electrons. The van der Waals surface area contributed by atoms with Gasteiger partial charge in [0.2, 0.25) is 0 Å². The summed E-state index contributed by atoms with van der Waals surface area (Å²) in [6.45, 7) is -2.52. The Balaban J connectivity index is 0.00000392. The van der Waals surface area contributed by atoms with Crippen LogP contribution >= 0.6 is 24.0 Å². The lowest BCUT2D eigenvalue weighted by Gasteiger charge is -2.15. The van der Waals surface area contributed by atoms with E-state index in [1.165, 1.54) is 18.2 Å². The van der Waals surface area contributed by atoms with Crippen molar-refractivity contribution in [2.75, 3.05) is 20.7 Å². The van der Waals surface area contributed by atoms with Crippen molar-refractivity contribution in [1.82, 2.24) is 10.6 Å². The van der Waals surface area contributed by atoms with Crippen LogP contribution in [0.3, 0.4) is 0 Å². The van der Waals surface area contributed by atoms with Crippen LogP contribution in [0.15, 0.2) is 47.5 Å². The third-order valence-electron chi connectivity index (χ3n) is 3.83. The monoisotopic (exact) mass is 509 g/mol. The van der Waals surface area contributed by atoms with Crippen molar-refractivity contribution >= 4 is 29.9 Å². The molecule has 0 heterocycles. The highest BCUT2D eigenvalue weighted by atomic mass is 127. The number of alkyl halides is 2. The molecule has 0 amide bonds. The van der Waals surface area contributed by atoms with Gasteiger partial charge >= 0.3 is 6.61 Å². The lowest BCUT2D eigenvalue weighted by molar-refractivity contribution is -0.0506. The maximum absolute atomic E-state index is 14.0. The van der Waals surface area contributed by atoms with Crippen LogP contribution in [0.4, 0.5) is 13.2 Å². The van der Waals surface area contributed by atoms with E-state index in [9.17, 15) is 13.2 Å². The minimum Gasteiger partial charge on any atom is -0.496 e. The molecule has 28 heavy (non-hydrogen) atoms. The first kappa shape index (κ1) is 23.9. The van der Waals surface area contributed by atoms with Crippen LogP contribution in [-0.4, -0.2) is 33.3 Å². The molecular formula is C19H23F3IN3O2. The molecule has 0 aliphatic rings. The number of aliphatic imine (C=N–C) groups is 1. The molecule has 2 aromatic rings. The Morgan fingerprint density at radius 1 is 1.07 bits per heavy atom. The van der Waals surface area contributed by atoms with E-state index in [0.29, 0.717) is 18.9 Å². The second-order valence-corrected chi connectivity index (χ2v) is 5.51. The molecule has 0 saturated carbocycles. The Morgan fingerprint density at radius 2 is 1.79 bits per heavy atom. The van der Waals surface area contributed by atoms with Crippen molar-refractivity contribution in [2.45, 2.75) is 19.6 Å². The SMILES string of the molecule is CN=C(NCCc1ccccc1OC)NCc1c(F)cccc1OC(F)F.I. The highest BCUT2D eigenvalue weighted by Crippen LogP contribution is 2.23. The minimum absolute atomic E-state index is 0. The summed E-state index contributed by atoms with van der Waals surface area (Å²) >= 11 is 0. The number of hydrogen-bond donors (Lipinski definition) is 2. The van der Waals surface area contributed by atoms with Crippen molar-refractivity contribution in [3.05, 3.63) is 59.4 Å². The van der Waals surface area contributed by atoms with Crippen LogP contribution in [0.5, 0.6) is 11.5 Å². The fourth-order valence-electron chi connectivity index (χ4n) is 2.53. The van der Waals surface area contributed by atoms with E-state index in [-0.39, 0.29) is 41.8 Å². The summed E-state index contributed by atoms with van der Waals surface area (Å²) in [5, 5.41) is 5.99. The quantitative estimate of drug-likeness (QED) is 0.322. The predicted molar refractivity (Wildman–Crippen MR) is 113 cm³/mol. The molecule has 2 rings (SSSR count). The first-order valence-corrected chi connectivity index (χ1v) is 8.33. The van der Waals surface area contributed by atoms with E-state index in [4.69, 9.17) is 4.74 Å². The van der Waals surface area contributed by atoms with Gasteiger partial charge in [-0.25, -0.2) is 4.39 Å². The molecule has 0 spiro atoms. The van der Waals surface area contributed by atoms with E-state index in [1.54, 1.807) is 14.2 Å². The zero-order valence-corrected chi connectivity index (χ0v) is 17.9. The fourth-order valence-corrected chi connectivity index (χ4v) is 2.53. The number of benzene rings is 2. The largest absolute Gasteiger partial charge is 0.496 e. The number of rotatable bonds is 8. The van der Waals surface area contributed by atoms with Gasteiger partial charge in [0.25, 0.3) is 0 Å². The number of ether oxygens (including phenoxy) is 2. The Bertz CT molecular complexity index is 776. The van der Waals surface area contributed by atoms with Crippen LogP contribution in [-0.2, 0) is 13.0 Å².